The number of halogens is 1. The van der Waals surface area contributed by atoms with Crippen LogP contribution >= 0.6 is 15.9 Å². The Labute approximate surface area is 145 Å². The van der Waals surface area contributed by atoms with Crippen molar-refractivity contribution in [3.05, 3.63) is 64.2 Å². The Morgan fingerprint density at radius 2 is 1.87 bits per heavy atom. The van der Waals surface area contributed by atoms with Crippen molar-refractivity contribution in [3.8, 4) is 11.1 Å². The summed E-state index contributed by atoms with van der Waals surface area (Å²) in [6.07, 6.45) is 4.30. The number of furan rings is 1. The molecule has 1 unspecified atom stereocenters. The molecule has 0 saturated carbocycles. The molecule has 1 heterocycles. The predicted molar refractivity (Wildman–Crippen MR) is 99.2 cm³/mol. The van der Waals surface area contributed by atoms with Crippen LogP contribution in [0, 0.1) is 10.1 Å². The van der Waals surface area contributed by atoms with Crippen molar-refractivity contribution >= 4 is 43.7 Å². The zero-order chi connectivity index (χ0) is 16.6. The van der Waals surface area contributed by atoms with E-state index in [2.05, 4.69) is 28.4 Å². The fourth-order valence-corrected chi connectivity index (χ4v) is 3.50. The highest BCUT2D eigenvalue weighted by molar-refractivity contribution is 9.10. The average molecular weight is 393 g/mol. The van der Waals surface area contributed by atoms with Gasteiger partial charge in [0.05, 0.1) is 12.5 Å². The van der Waals surface area contributed by atoms with Crippen molar-refractivity contribution in [2.75, 3.05) is 12.5 Å². The molecule has 1 atom stereocenters. The Hall–Kier alpha value is -1.79. The summed E-state index contributed by atoms with van der Waals surface area (Å²) in [5, 5.41) is 12.2. The summed E-state index contributed by atoms with van der Waals surface area (Å²) in [7, 11) is 0.145. The van der Waals surface area contributed by atoms with Crippen LogP contribution in [0.5, 0.6) is 0 Å². The first-order chi connectivity index (χ1) is 11.0. The van der Waals surface area contributed by atoms with Gasteiger partial charge in [-0.1, -0.05) is 30.3 Å². The Bertz CT molecular complexity index is 861. The van der Waals surface area contributed by atoms with E-state index >= 15 is 0 Å². The summed E-state index contributed by atoms with van der Waals surface area (Å²) in [5.74, 6) is -0.207. The fourth-order valence-electron chi connectivity index (χ4n) is 2.53. The molecule has 23 heavy (non-hydrogen) atoms. The zero-order valence-electron chi connectivity index (χ0n) is 12.7. The van der Waals surface area contributed by atoms with Gasteiger partial charge >= 0.3 is 5.88 Å². The maximum Gasteiger partial charge on any atom is 0.442 e. The summed E-state index contributed by atoms with van der Waals surface area (Å²) in [4.78, 5) is 10.9. The standard InChI is InChI=1S/C17H15BrNO3S/c1-23(2)16(18)12-8-9-14-13(10-12)15(17(22-14)19(20)21)11-6-4-3-5-7-11/h3-10,16H,1-2H3/q+1. The van der Waals surface area contributed by atoms with Crippen LogP contribution in [0.3, 0.4) is 0 Å². The number of rotatable bonds is 4. The largest absolute Gasteiger partial charge is 0.442 e. The first-order valence-corrected chi connectivity index (χ1v) is 9.97. The van der Waals surface area contributed by atoms with E-state index in [0.717, 1.165) is 16.5 Å². The number of hydrogen-bond acceptors (Lipinski definition) is 3. The molecule has 3 aromatic rings. The highest BCUT2D eigenvalue weighted by Crippen LogP contribution is 2.41. The van der Waals surface area contributed by atoms with E-state index in [-0.39, 0.29) is 20.9 Å². The molecule has 118 valence electrons. The van der Waals surface area contributed by atoms with Crippen LogP contribution in [0.25, 0.3) is 22.1 Å². The van der Waals surface area contributed by atoms with Gasteiger partial charge in [-0.15, -0.1) is 0 Å². The summed E-state index contributed by atoms with van der Waals surface area (Å²) >= 11 is 3.70. The molecule has 0 fully saturated rings. The number of benzene rings is 2. The zero-order valence-corrected chi connectivity index (χ0v) is 15.1. The fraction of sp³-hybridized carbons (Fsp3) is 0.176. The minimum atomic E-state index is -0.460. The summed E-state index contributed by atoms with van der Waals surface area (Å²) in [6, 6.07) is 15.1. The molecule has 0 spiro atoms. The third-order valence-electron chi connectivity index (χ3n) is 3.60. The van der Waals surface area contributed by atoms with E-state index in [4.69, 9.17) is 4.42 Å². The number of alkyl halides is 1. The van der Waals surface area contributed by atoms with Crippen LogP contribution < -0.4 is 0 Å². The van der Waals surface area contributed by atoms with Gasteiger partial charge in [-0.3, -0.25) is 10.1 Å². The number of fused-ring (bicyclic) bond motifs is 1. The van der Waals surface area contributed by atoms with Gasteiger partial charge in [0.1, 0.15) is 16.1 Å². The first kappa shape index (κ1) is 16.1. The van der Waals surface area contributed by atoms with Gasteiger partial charge in [-0.2, -0.15) is 0 Å². The lowest BCUT2D eigenvalue weighted by molar-refractivity contribution is -0.400. The van der Waals surface area contributed by atoms with Crippen molar-refractivity contribution < 1.29 is 9.34 Å². The van der Waals surface area contributed by atoms with Crippen molar-refractivity contribution in [2.45, 2.75) is 4.16 Å². The SMILES string of the molecule is C[S+](C)C(Br)c1ccc2oc([N+](=O)[O-])c(-c3ccccc3)c2c1. The highest BCUT2D eigenvalue weighted by atomic mass is 79.9. The predicted octanol–water partition coefficient (Wildman–Crippen LogP) is 5.28. The van der Waals surface area contributed by atoms with Gasteiger partial charge in [0.25, 0.3) is 0 Å². The smallest absolute Gasteiger partial charge is 0.400 e. The molecule has 0 saturated heterocycles. The van der Waals surface area contributed by atoms with Gasteiger partial charge in [0.15, 0.2) is 4.16 Å². The summed E-state index contributed by atoms with van der Waals surface area (Å²) in [6.45, 7) is 0. The number of nitrogens with zero attached hydrogens (tertiary/aromatic N) is 1. The molecule has 0 radical (unpaired) electrons. The molecule has 4 nitrogen and oxygen atoms in total. The van der Waals surface area contributed by atoms with E-state index in [0.29, 0.717) is 11.1 Å². The van der Waals surface area contributed by atoms with Crippen molar-refractivity contribution in [2.24, 2.45) is 0 Å². The molecule has 1 aromatic heterocycles. The van der Waals surface area contributed by atoms with E-state index in [1.54, 1.807) is 0 Å². The second kappa shape index (κ2) is 6.37. The Kier molecular flexibility index (Phi) is 4.46. The second-order valence-corrected chi connectivity index (χ2v) is 9.11. The molecule has 3 rings (SSSR count). The third kappa shape index (κ3) is 3.01. The lowest BCUT2D eigenvalue weighted by Crippen LogP contribution is -2.03. The van der Waals surface area contributed by atoms with Gasteiger partial charge in [-0.05, 0) is 50.6 Å². The van der Waals surface area contributed by atoms with E-state index < -0.39 is 4.92 Å². The molecular weight excluding hydrogens is 378 g/mol. The van der Waals surface area contributed by atoms with Crippen molar-refractivity contribution in [1.29, 1.82) is 0 Å². The van der Waals surface area contributed by atoms with Crippen molar-refractivity contribution in [3.63, 3.8) is 0 Å². The molecule has 0 aliphatic heterocycles. The average Bonchev–Trinajstić information content (AvgIpc) is 2.93. The lowest BCUT2D eigenvalue weighted by atomic mass is 10.0. The topological polar surface area (TPSA) is 56.3 Å². The Morgan fingerprint density at radius 3 is 2.48 bits per heavy atom. The van der Waals surface area contributed by atoms with Crippen LogP contribution in [0.1, 0.15) is 9.72 Å². The van der Waals surface area contributed by atoms with Crippen LogP contribution in [0.15, 0.2) is 52.9 Å². The number of nitro groups is 1. The van der Waals surface area contributed by atoms with Gasteiger partial charge < -0.3 is 4.42 Å². The monoisotopic (exact) mass is 392 g/mol. The Morgan fingerprint density at radius 1 is 1.17 bits per heavy atom. The summed E-state index contributed by atoms with van der Waals surface area (Å²) < 4.78 is 5.71. The van der Waals surface area contributed by atoms with Gasteiger partial charge in [-0.25, -0.2) is 0 Å². The van der Waals surface area contributed by atoms with Gasteiger partial charge in [0.2, 0.25) is 0 Å². The Balaban J connectivity index is 2.28. The molecule has 2 aromatic carbocycles. The second-order valence-electron chi connectivity index (χ2n) is 5.36. The van der Waals surface area contributed by atoms with E-state index in [1.165, 1.54) is 0 Å². The third-order valence-corrected chi connectivity index (χ3v) is 7.47. The molecule has 6 heteroatoms. The van der Waals surface area contributed by atoms with Crippen LogP contribution in [0.4, 0.5) is 5.88 Å². The molecular formula is C17H15BrNO3S+. The first-order valence-electron chi connectivity index (χ1n) is 6.95. The quantitative estimate of drug-likeness (QED) is 0.262. The maximum atomic E-state index is 11.4. The number of hydrogen-bond donors (Lipinski definition) is 0. The molecule has 0 bridgehead atoms. The minimum absolute atomic E-state index is 0.145. The molecule has 0 N–H and O–H groups in total. The molecule has 0 amide bonds. The minimum Gasteiger partial charge on any atom is -0.400 e. The van der Waals surface area contributed by atoms with E-state index in [9.17, 15) is 10.1 Å². The van der Waals surface area contributed by atoms with Crippen LogP contribution in [-0.4, -0.2) is 17.4 Å². The van der Waals surface area contributed by atoms with Crippen molar-refractivity contribution in [1.82, 2.24) is 0 Å². The maximum absolute atomic E-state index is 11.4. The van der Waals surface area contributed by atoms with Gasteiger partial charge in [0, 0.05) is 10.9 Å². The highest BCUT2D eigenvalue weighted by Gasteiger charge is 2.27. The summed E-state index contributed by atoms with van der Waals surface area (Å²) in [5.41, 5.74) is 2.96. The van der Waals surface area contributed by atoms with Crippen LogP contribution in [0.2, 0.25) is 0 Å². The lowest BCUT2D eigenvalue weighted by Gasteiger charge is -2.07. The van der Waals surface area contributed by atoms with Crippen LogP contribution in [-0.2, 0) is 10.9 Å². The normalized spacial score (nSPS) is 12.7. The molecule has 0 aliphatic carbocycles. The molecule has 0 aliphatic rings. The van der Waals surface area contributed by atoms with E-state index in [1.807, 2.05) is 48.5 Å².